The first-order valence-electron chi connectivity index (χ1n) is 7.44. The standard InChI is InChI=1S/C16H21Cl2N3/c1-20(2)16(7-3-4-8-16)11-21-14-9-12(18)5-6-13(14)19-15(21)10-17/h5-6,9H,3-4,7-8,10-11H2,1-2H3. The summed E-state index contributed by atoms with van der Waals surface area (Å²) in [6, 6.07) is 5.86. The zero-order valence-corrected chi connectivity index (χ0v) is 14.1. The van der Waals surface area contributed by atoms with Crippen LogP contribution in [0.4, 0.5) is 0 Å². The summed E-state index contributed by atoms with van der Waals surface area (Å²) in [6.07, 6.45) is 5.04. The molecule has 1 aromatic carbocycles. The van der Waals surface area contributed by atoms with Crippen molar-refractivity contribution >= 4 is 34.2 Å². The summed E-state index contributed by atoms with van der Waals surface area (Å²) < 4.78 is 2.26. The Morgan fingerprint density at radius 2 is 2.00 bits per heavy atom. The Morgan fingerprint density at radius 3 is 2.62 bits per heavy atom. The number of rotatable bonds is 4. The smallest absolute Gasteiger partial charge is 0.124 e. The van der Waals surface area contributed by atoms with Crippen LogP contribution in [-0.4, -0.2) is 34.1 Å². The lowest BCUT2D eigenvalue weighted by atomic mass is 9.95. The normalized spacial score (nSPS) is 18.0. The van der Waals surface area contributed by atoms with Crippen molar-refractivity contribution in [1.82, 2.24) is 14.5 Å². The van der Waals surface area contributed by atoms with Crippen molar-refractivity contribution in [1.29, 1.82) is 0 Å². The number of hydrogen-bond donors (Lipinski definition) is 0. The number of benzene rings is 1. The summed E-state index contributed by atoms with van der Waals surface area (Å²) in [6.45, 7) is 0.929. The van der Waals surface area contributed by atoms with Gasteiger partial charge in [0.15, 0.2) is 0 Å². The van der Waals surface area contributed by atoms with E-state index in [0.717, 1.165) is 28.4 Å². The van der Waals surface area contributed by atoms with Crippen molar-refractivity contribution in [3.63, 3.8) is 0 Å². The summed E-state index contributed by atoms with van der Waals surface area (Å²) in [5.74, 6) is 1.36. The first-order valence-corrected chi connectivity index (χ1v) is 8.35. The summed E-state index contributed by atoms with van der Waals surface area (Å²) in [5.41, 5.74) is 2.27. The van der Waals surface area contributed by atoms with Gasteiger partial charge in [0, 0.05) is 17.1 Å². The average molecular weight is 326 g/mol. The monoisotopic (exact) mass is 325 g/mol. The summed E-state index contributed by atoms with van der Waals surface area (Å²) in [7, 11) is 4.36. The predicted octanol–water partition coefficient (Wildman–Crippen LogP) is 4.30. The molecule has 1 saturated carbocycles. The Kier molecular flexibility index (Phi) is 4.17. The van der Waals surface area contributed by atoms with Gasteiger partial charge in [-0.15, -0.1) is 11.6 Å². The van der Waals surface area contributed by atoms with Crippen molar-refractivity contribution < 1.29 is 0 Å². The minimum absolute atomic E-state index is 0.205. The highest BCUT2D eigenvalue weighted by molar-refractivity contribution is 6.31. The van der Waals surface area contributed by atoms with E-state index >= 15 is 0 Å². The van der Waals surface area contributed by atoms with Crippen LogP contribution in [0.1, 0.15) is 31.5 Å². The fraction of sp³-hybridized carbons (Fsp3) is 0.562. The molecule has 2 aromatic rings. The maximum Gasteiger partial charge on any atom is 0.124 e. The number of hydrogen-bond acceptors (Lipinski definition) is 2. The van der Waals surface area contributed by atoms with Crippen LogP contribution in [-0.2, 0) is 12.4 Å². The van der Waals surface area contributed by atoms with Crippen LogP contribution in [0.15, 0.2) is 18.2 Å². The fourth-order valence-corrected chi connectivity index (χ4v) is 3.87. The first kappa shape index (κ1) is 15.1. The second-order valence-electron chi connectivity index (χ2n) is 6.21. The van der Waals surface area contributed by atoms with Crippen LogP contribution < -0.4 is 0 Å². The zero-order valence-electron chi connectivity index (χ0n) is 12.6. The van der Waals surface area contributed by atoms with Crippen molar-refractivity contribution in [2.24, 2.45) is 0 Å². The minimum atomic E-state index is 0.205. The highest BCUT2D eigenvalue weighted by Crippen LogP contribution is 2.36. The molecule has 0 amide bonds. The maximum atomic E-state index is 6.17. The van der Waals surface area contributed by atoms with E-state index in [1.54, 1.807) is 0 Å². The van der Waals surface area contributed by atoms with Gasteiger partial charge in [-0.05, 0) is 45.1 Å². The van der Waals surface area contributed by atoms with E-state index in [1.165, 1.54) is 25.7 Å². The molecule has 0 atom stereocenters. The third kappa shape index (κ3) is 2.67. The summed E-state index contributed by atoms with van der Waals surface area (Å²) in [4.78, 5) is 7.03. The Hall–Kier alpha value is -0.770. The zero-order chi connectivity index (χ0) is 15.0. The molecule has 0 aliphatic heterocycles. The Balaban J connectivity index is 2.08. The molecule has 0 saturated heterocycles. The van der Waals surface area contributed by atoms with Crippen molar-refractivity contribution in [2.75, 3.05) is 14.1 Å². The molecule has 5 heteroatoms. The lowest BCUT2D eigenvalue weighted by Gasteiger charge is -2.37. The predicted molar refractivity (Wildman–Crippen MR) is 89.2 cm³/mol. The highest BCUT2D eigenvalue weighted by atomic mass is 35.5. The number of alkyl halides is 1. The van der Waals surface area contributed by atoms with Gasteiger partial charge in [0.25, 0.3) is 0 Å². The third-order valence-corrected chi connectivity index (χ3v) is 5.32. The summed E-state index contributed by atoms with van der Waals surface area (Å²) >= 11 is 12.3. The number of likely N-dealkylation sites (N-methyl/N-ethyl adjacent to an activating group) is 1. The Bertz CT molecular complexity index is 642. The van der Waals surface area contributed by atoms with E-state index in [2.05, 4.69) is 28.5 Å². The van der Waals surface area contributed by atoms with E-state index in [4.69, 9.17) is 23.2 Å². The summed E-state index contributed by atoms with van der Waals surface area (Å²) in [5, 5.41) is 0.745. The number of nitrogens with zero attached hydrogens (tertiary/aromatic N) is 3. The van der Waals surface area contributed by atoms with Gasteiger partial charge in [0.05, 0.1) is 16.9 Å². The van der Waals surface area contributed by atoms with Gasteiger partial charge in [-0.1, -0.05) is 24.4 Å². The molecule has 0 radical (unpaired) electrons. The van der Waals surface area contributed by atoms with Gasteiger partial charge in [-0.2, -0.15) is 0 Å². The Labute approximate surface area is 135 Å². The molecule has 0 spiro atoms. The average Bonchev–Trinajstić information content (AvgIpc) is 3.05. The van der Waals surface area contributed by atoms with Gasteiger partial charge >= 0.3 is 0 Å². The topological polar surface area (TPSA) is 21.1 Å². The molecule has 21 heavy (non-hydrogen) atoms. The van der Waals surface area contributed by atoms with Crippen LogP contribution in [0, 0.1) is 0 Å². The van der Waals surface area contributed by atoms with Crippen LogP contribution in [0.2, 0.25) is 5.02 Å². The van der Waals surface area contributed by atoms with Gasteiger partial charge in [0.1, 0.15) is 5.82 Å². The third-order valence-electron chi connectivity index (χ3n) is 4.84. The van der Waals surface area contributed by atoms with E-state index < -0.39 is 0 Å². The van der Waals surface area contributed by atoms with E-state index in [1.807, 2.05) is 18.2 Å². The molecule has 114 valence electrons. The van der Waals surface area contributed by atoms with Gasteiger partial charge in [-0.3, -0.25) is 0 Å². The molecular weight excluding hydrogens is 305 g/mol. The lowest BCUT2D eigenvalue weighted by Crippen LogP contribution is -2.45. The molecule has 3 nitrogen and oxygen atoms in total. The molecule has 1 aliphatic carbocycles. The lowest BCUT2D eigenvalue weighted by molar-refractivity contribution is 0.134. The highest BCUT2D eigenvalue weighted by Gasteiger charge is 2.37. The minimum Gasteiger partial charge on any atom is -0.325 e. The number of fused-ring (bicyclic) bond motifs is 1. The maximum absolute atomic E-state index is 6.17. The SMILES string of the molecule is CN(C)C1(Cn2c(CCl)nc3ccc(Cl)cc32)CCCC1. The van der Waals surface area contributed by atoms with Crippen LogP contribution in [0.3, 0.4) is 0 Å². The molecule has 0 N–H and O–H groups in total. The van der Waals surface area contributed by atoms with Crippen molar-refractivity contribution in [2.45, 2.75) is 43.6 Å². The molecule has 0 unspecified atom stereocenters. The van der Waals surface area contributed by atoms with E-state index in [9.17, 15) is 0 Å². The molecule has 0 bridgehead atoms. The number of aromatic nitrogens is 2. The van der Waals surface area contributed by atoms with Crippen molar-refractivity contribution in [3.05, 3.63) is 29.0 Å². The molecule has 1 fully saturated rings. The van der Waals surface area contributed by atoms with Crippen LogP contribution in [0.5, 0.6) is 0 Å². The van der Waals surface area contributed by atoms with Crippen LogP contribution in [0.25, 0.3) is 11.0 Å². The fourth-order valence-electron chi connectivity index (χ4n) is 3.50. The Morgan fingerprint density at radius 1 is 1.29 bits per heavy atom. The molecule has 1 heterocycles. The van der Waals surface area contributed by atoms with E-state index in [-0.39, 0.29) is 5.54 Å². The molecule has 1 aliphatic rings. The first-order chi connectivity index (χ1) is 10.1. The van der Waals surface area contributed by atoms with Crippen molar-refractivity contribution in [3.8, 4) is 0 Å². The van der Waals surface area contributed by atoms with Crippen LogP contribution >= 0.6 is 23.2 Å². The number of imidazole rings is 1. The molecule has 3 rings (SSSR count). The van der Waals surface area contributed by atoms with Gasteiger partial charge in [0.2, 0.25) is 0 Å². The largest absolute Gasteiger partial charge is 0.325 e. The van der Waals surface area contributed by atoms with Gasteiger partial charge in [-0.25, -0.2) is 4.98 Å². The second kappa shape index (κ2) is 5.79. The quantitative estimate of drug-likeness (QED) is 0.781. The molecule has 1 aromatic heterocycles. The van der Waals surface area contributed by atoms with Gasteiger partial charge < -0.3 is 9.47 Å². The molecular formula is C16H21Cl2N3. The second-order valence-corrected chi connectivity index (χ2v) is 6.91. The number of halogens is 2. The van der Waals surface area contributed by atoms with E-state index in [0.29, 0.717) is 5.88 Å².